The molecule has 0 aliphatic rings. The highest BCUT2D eigenvalue weighted by atomic mass is 19.3. The van der Waals surface area contributed by atoms with Crippen LogP contribution in [-0.2, 0) is 0 Å². The van der Waals surface area contributed by atoms with Crippen LogP contribution >= 0.6 is 0 Å². The number of rotatable bonds is 2. The maximum Gasteiger partial charge on any atom is 0.387 e. The van der Waals surface area contributed by atoms with Crippen LogP contribution < -0.4 is 4.74 Å². The molecule has 0 saturated heterocycles. The van der Waals surface area contributed by atoms with E-state index >= 15 is 0 Å². The highest BCUT2D eigenvalue weighted by Crippen LogP contribution is 2.17. The molecule has 0 N–H and O–H groups in total. The third-order valence-electron chi connectivity index (χ3n) is 1.24. The Morgan fingerprint density at radius 2 is 1.92 bits per heavy atom. The summed E-state index contributed by atoms with van der Waals surface area (Å²) in [5.41, 5.74) is 0.547. The SMILES string of the molecule is Cc1cc(F)cc(OC(F)F)c1. The maximum absolute atomic E-state index is 12.6. The van der Waals surface area contributed by atoms with Crippen LogP contribution in [0, 0.1) is 12.7 Å². The summed E-state index contributed by atoms with van der Waals surface area (Å²) in [6.45, 7) is -1.31. The van der Waals surface area contributed by atoms with E-state index in [9.17, 15) is 13.2 Å². The Morgan fingerprint density at radius 3 is 2.42 bits per heavy atom. The molecule has 0 atom stereocenters. The molecule has 4 heteroatoms. The van der Waals surface area contributed by atoms with E-state index in [1.807, 2.05) is 0 Å². The monoisotopic (exact) mass is 176 g/mol. The van der Waals surface area contributed by atoms with Crippen molar-refractivity contribution in [3.8, 4) is 5.75 Å². The van der Waals surface area contributed by atoms with Crippen molar-refractivity contribution in [1.82, 2.24) is 0 Å². The number of alkyl halides is 2. The van der Waals surface area contributed by atoms with Gasteiger partial charge in [-0.15, -0.1) is 0 Å². The molecular weight excluding hydrogens is 169 g/mol. The Bertz CT molecular complexity index is 253. The van der Waals surface area contributed by atoms with Gasteiger partial charge in [-0.1, -0.05) is 0 Å². The minimum atomic E-state index is -2.91. The van der Waals surface area contributed by atoms with Gasteiger partial charge in [-0.2, -0.15) is 8.78 Å². The molecule has 0 radical (unpaired) electrons. The number of hydrogen-bond donors (Lipinski definition) is 0. The summed E-state index contributed by atoms with van der Waals surface area (Å²) in [6.07, 6.45) is 0. The first-order valence-electron chi connectivity index (χ1n) is 3.30. The second-order valence-corrected chi connectivity index (χ2v) is 2.34. The molecule has 0 bridgehead atoms. The molecule has 1 rings (SSSR count). The van der Waals surface area contributed by atoms with Crippen molar-refractivity contribution in [1.29, 1.82) is 0 Å². The van der Waals surface area contributed by atoms with E-state index < -0.39 is 12.4 Å². The lowest BCUT2D eigenvalue weighted by atomic mass is 10.2. The molecule has 0 aliphatic carbocycles. The maximum atomic E-state index is 12.6. The quantitative estimate of drug-likeness (QED) is 0.673. The molecule has 0 amide bonds. The summed E-state index contributed by atoms with van der Waals surface area (Å²) in [6, 6.07) is 3.49. The molecule has 0 fully saturated rings. The molecule has 0 spiro atoms. The van der Waals surface area contributed by atoms with Gasteiger partial charge in [0, 0.05) is 6.07 Å². The fraction of sp³-hybridized carbons (Fsp3) is 0.250. The molecule has 0 aliphatic heterocycles. The minimum Gasteiger partial charge on any atom is -0.435 e. The Balaban J connectivity index is 2.85. The second kappa shape index (κ2) is 3.47. The summed E-state index contributed by atoms with van der Waals surface area (Å²) >= 11 is 0. The first kappa shape index (κ1) is 8.90. The predicted octanol–water partition coefficient (Wildman–Crippen LogP) is 2.74. The normalized spacial score (nSPS) is 10.4. The fourth-order valence-corrected chi connectivity index (χ4v) is 0.874. The minimum absolute atomic E-state index is 0.150. The van der Waals surface area contributed by atoms with Crippen molar-refractivity contribution >= 4 is 0 Å². The summed E-state index contributed by atoms with van der Waals surface area (Å²) in [5, 5.41) is 0. The Morgan fingerprint density at radius 1 is 1.25 bits per heavy atom. The lowest BCUT2D eigenvalue weighted by Crippen LogP contribution is -2.02. The molecular formula is C8H7F3O. The van der Waals surface area contributed by atoms with Gasteiger partial charge in [-0.05, 0) is 24.6 Å². The van der Waals surface area contributed by atoms with E-state index in [0.29, 0.717) is 5.56 Å². The van der Waals surface area contributed by atoms with Crippen LogP contribution in [-0.4, -0.2) is 6.61 Å². The van der Waals surface area contributed by atoms with Crippen LogP contribution in [0.2, 0.25) is 0 Å². The summed E-state index contributed by atoms with van der Waals surface area (Å²) in [5.74, 6) is -0.729. The van der Waals surface area contributed by atoms with Gasteiger partial charge < -0.3 is 4.74 Å². The smallest absolute Gasteiger partial charge is 0.387 e. The molecule has 0 saturated carbocycles. The number of halogens is 3. The van der Waals surface area contributed by atoms with Crippen LogP contribution in [0.4, 0.5) is 13.2 Å². The predicted molar refractivity (Wildman–Crippen MR) is 37.8 cm³/mol. The van der Waals surface area contributed by atoms with Crippen LogP contribution in [0.25, 0.3) is 0 Å². The number of benzene rings is 1. The molecule has 1 nitrogen and oxygen atoms in total. The third-order valence-corrected chi connectivity index (χ3v) is 1.24. The van der Waals surface area contributed by atoms with Crippen LogP contribution in [0.1, 0.15) is 5.56 Å². The summed E-state index contributed by atoms with van der Waals surface area (Å²) < 4.78 is 39.8. The van der Waals surface area contributed by atoms with Crippen molar-refractivity contribution < 1.29 is 17.9 Å². The summed E-state index contributed by atoms with van der Waals surface area (Å²) in [4.78, 5) is 0. The van der Waals surface area contributed by atoms with E-state index in [1.165, 1.54) is 12.1 Å². The van der Waals surface area contributed by atoms with Crippen LogP contribution in [0.15, 0.2) is 18.2 Å². The molecule has 0 heterocycles. The Kier molecular flexibility index (Phi) is 2.58. The second-order valence-electron chi connectivity index (χ2n) is 2.34. The largest absolute Gasteiger partial charge is 0.435 e. The standard InChI is InChI=1S/C8H7F3O/c1-5-2-6(9)4-7(3-5)12-8(10)11/h2-4,8H,1H3. The molecule has 66 valence electrons. The van der Waals surface area contributed by atoms with Crippen molar-refractivity contribution in [3.05, 3.63) is 29.6 Å². The van der Waals surface area contributed by atoms with E-state index in [4.69, 9.17) is 0 Å². The lowest BCUT2D eigenvalue weighted by Gasteiger charge is -2.04. The van der Waals surface area contributed by atoms with E-state index in [0.717, 1.165) is 6.07 Å². The lowest BCUT2D eigenvalue weighted by molar-refractivity contribution is -0.0500. The zero-order chi connectivity index (χ0) is 9.14. The molecule has 0 unspecified atom stereocenters. The van der Waals surface area contributed by atoms with Gasteiger partial charge in [-0.25, -0.2) is 4.39 Å². The fourth-order valence-electron chi connectivity index (χ4n) is 0.874. The highest BCUT2D eigenvalue weighted by molar-refractivity contribution is 5.28. The molecule has 12 heavy (non-hydrogen) atoms. The summed E-state index contributed by atoms with van der Waals surface area (Å²) in [7, 11) is 0. The van der Waals surface area contributed by atoms with Gasteiger partial charge in [0.15, 0.2) is 0 Å². The van der Waals surface area contributed by atoms with Crippen molar-refractivity contribution in [3.63, 3.8) is 0 Å². The van der Waals surface area contributed by atoms with Gasteiger partial charge >= 0.3 is 6.61 Å². The highest BCUT2D eigenvalue weighted by Gasteiger charge is 2.05. The number of aryl methyl sites for hydroxylation is 1. The zero-order valence-electron chi connectivity index (χ0n) is 6.35. The molecule has 1 aromatic carbocycles. The Hall–Kier alpha value is -1.19. The van der Waals surface area contributed by atoms with Crippen molar-refractivity contribution in [2.24, 2.45) is 0 Å². The van der Waals surface area contributed by atoms with Crippen molar-refractivity contribution in [2.75, 3.05) is 0 Å². The van der Waals surface area contributed by atoms with E-state index in [1.54, 1.807) is 6.92 Å². The topological polar surface area (TPSA) is 9.23 Å². The Labute approximate surface area is 67.8 Å². The van der Waals surface area contributed by atoms with Crippen LogP contribution in [0.3, 0.4) is 0 Å². The van der Waals surface area contributed by atoms with Gasteiger partial charge in [0.25, 0.3) is 0 Å². The number of hydrogen-bond acceptors (Lipinski definition) is 1. The first-order chi connectivity index (χ1) is 5.58. The van der Waals surface area contributed by atoms with Gasteiger partial charge in [0.1, 0.15) is 11.6 Å². The average molecular weight is 176 g/mol. The first-order valence-corrected chi connectivity index (χ1v) is 3.30. The van der Waals surface area contributed by atoms with Crippen molar-refractivity contribution in [2.45, 2.75) is 13.5 Å². The molecule has 1 aromatic rings. The average Bonchev–Trinajstić information content (AvgIpc) is 1.81. The zero-order valence-corrected chi connectivity index (χ0v) is 6.35. The van der Waals surface area contributed by atoms with E-state index in [2.05, 4.69) is 4.74 Å². The van der Waals surface area contributed by atoms with E-state index in [-0.39, 0.29) is 5.75 Å². The van der Waals surface area contributed by atoms with Crippen LogP contribution in [0.5, 0.6) is 5.75 Å². The third kappa shape index (κ3) is 2.45. The number of ether oxygens (including phenoxy) is 1. The van der Waals surface area contributed by atoms with Gasteiger partial charge in [-0.3, -0.25) is 0 Å². The van der Waals surface area contributed by atoms with Gasteiger partial charge in [0.05, 0.1) is 0 Å². The molecule has 0 aromatic heterocycles. The van der Waals surface area contributed by atoms with Gasteiger partial charge in [0.2, 0.25) is 0 Å².